The van der Waals surface area contributed by atoms with Crippen LogP contribution in [0.2, 0.25) is 0 Å². The number of benzene rings is 1. The van der Waals surface area contributed by atoms with E-state index in [1.165, 1.54) is 36.1 Å². The summed E-state index contributed by atoms with van der Waals surface area (Å²) in [5.74, 6) is 0. The topological polar surface area (TPSA) is 15.3 Å². The molecule has 0 unspecified atom stereocenters. The SMILES string of the molecule is Cc1cccc(CNCCCCN(C)C)c1C. The number of hydrogen-bond donors (Lipinski definition) is 1. The van der Waals surface area contributed by atoms with Gasteiger partial charge < -0.3 is 10.2 Å². The third kappa shape index (κ3) is 5.33. The van der Waals surface area contributed by atoms with E-state index in [1.807, 2.05) is 0 Å². The summed E-state index contributed by atoms with van der Waals surface area (Å²) in [5, 5.41) is 3.52. The van der Waals surface area contributed by atoms with Gasteiger partial charge in [-0.25, -0.2) is 0 Å². The zero-order chi connectivity index (χ0) is 12.7. The van der Waals surface area contributed by atoms with Crippen LogP contribution in [0.1, 0.15) is 29.5 Å². The van der Waals surface area contributed by atoms with Gasteiger partial charge in [0.05, 0.1) is 0 Å². The maximum atomic E-state index is 3.52. The quantitative estimate of drug-likeness (QED) is 0.730. The minimum atomic E-state index is 0.996. The standard InChI is InChI=1S/C15H26N2/c1-13-8-7-9-15(14(13)2)12-16-10-5-6-11-17(3)4/h7-9,16H,5-6,10-12H2,1-4H3. The number of nitrogens with one attached hydrogen (secondary N) is 1. The second kappa shape index (κ2) is 7.46. The van der Waals surface area contributed by atoms with E-state index in [-0.39, 0.29) is 0 Å². The van der Waals surface area contributed by atoms with E-state index in [1.54, 1.807) is 0 Å². The van der Waals surface area contributed by atoms with Crippen molar-refractivity contribution in [3.8, 4) is 0 Å². The van der Waals surface area contributed by atoms with Gasteiger partial charge in [0.2, 0.25) is 0 Å². The van der Waals surface area contributed by atoms with E-state index < -0.39 is 0 Å². The van der Waals surface area contributed by atoms with Crippen molar-refractivity contribution < 1.29 is 0 Å². The number of nitrogens with zero attached hydrogens (tertiary/aromatic N) is 1. The maximum Gasteiger partial charge on any atom is 0.0208 e. The highest BCUT2D eigenvalue weighted by Gasteiger charge is 1.99. The first-order chi connectivity index (χ1) is 8.11. The Kier molecular flexibility index (Phi) is 6.23. The second-order valence-electron chi connectivity index (χ2n) is 5.05. The van der Waals surface area contributed by atoms with Crippen molar-refractivity contribution in [3.63, 3.8) is 0 Å². The fourth-order valence-corrected chi connectivity index (χ4v) is 1.90. The highest BCUT2D eigenvalue weighted by Crippen LogP contribution is 2.12. The Bertz CT molecular complexity index is 332. The Morgan fingerprint density at radius 1 is 1.12 bits per heavy atom. The van der Waals surface area contributed by atoms with Crippen LogP contribution in [0.25, 0.3) is 0 Å². The normalized spacial score (nSPS) is 11.1. The van der Waals surface area contributed by atoms with Crippen molar-refractivity contribution in [1.82, 2.24) is 10.2 Å². The van der Waals surface area contributed by atoms with Crippen LogP contribution in [0.4, 0.5) is 0 Å². The summed E-state index contributed by atoms with van der Waals surface area (Å²) >= 11 is 0. The largest absolute Gasteiger partial charge is 0.313 e. The summed E-state index contributed by atoms with van der Waals surface area (Å²) in [6.45, 7) is 7.68. The van der Waals surface area contributed by atoms with Crippen LogP contribution in [0.5, 0.6) is 0 Å². The smallest absolute Gasteiger partial charge is 0.0208 e. The Hall–Kier alpha value is -0.860. The molecule has 0 aliphatic carbocycles. The van der Waals surface area contributed by atoms with Crippen molar-refractivity contribution in [2.75, 3.05) is 27.2 Å². The molecule has 0 fully saturated rings. The summed E-state index contributed by atoms with van der Waals surface area (Å²) in [7, 11) is 4.26. The van der Waals surface area contributed by atoms with E-state index in [4.69, 9.17) is 0 Å². The van der Waals surface area contributed by atoms with Crippen LogP contribution >= 0.6 is 0 Å². The van der Waals surface area contributed by atoms with Crippen LogP contribution < -0.4 is 5.32 Å². The van der Waals surface area contributed by atoms with Crippen molar-refractivity contribution in [1.29, 1.82) is 0 Å². The van der Waals surface area contributed by atoms with Gasteiger partial charge in [-0.05, 0) is 70.6 Å². The molecule has 0 saturated carbocycles. The Morgan fingerprint density at radius 2 is 1.88 bits per heavy atom. The number of hydrogen-bond acceptors (Lipinski definition) is 2. The monoisotopic (exact) mass is 234 g/mol. The highest BCUT2D eigenvalue weighted by atomic mass is 15.0. The van der Waals surface area contributed by atoms with E-state index in [9.17, 15) is 0 Å². The summed E-state index contributed by atoms with van der Waals surface area (Å²) in [6, 6.07) is 6.54. The van der Waals surface area contributed by atoms with Gasteiger partial charge >= 0.3 is 0 Å². The molecule has 0 aromatic heterocycles. The molecule has 2 heteroatoms. The number of unbranched alkanes of at least 4 members (excludes halogenated alkanes) is 1. The average Bonchev–Trinajstić information content (AvgIpc) is 2.28. The lowest BCUT2D eigenvalue weighted by Gasteiger charge is -2.11. The lowest BCUT2D eigenvalue weighted by atomic mass is 10.0. The maximum absolute atomic E-state index is 3.52. The van der Waals surface area contributed by atoms with E-state index in [0.717, 1.165) is 13.1 Å². The van der Waals surface area contributed by atoms with Crippen molar-refractivity contribution in [2.24, 2.45) is 0 Å². The lowest BCUT2D eigenvalue weighted by molar-refractivity contribution is 0.391. The van der Waals surface area contributed by atoms with Crippen molar-refractivity contribution in [3.05, 3.63) is 34.9 Å². The summed E-state index contributed by atoms with van der Waals surface area (Å²) in [5.41, 5.74) is 4.24. The molecule has 0 atom stereocenters. The molecule has 0 radical (unpaired) electrons. The molecule has 0 bridgehead atoms. The summed E-state index contributed by atoms with van der Waals surface area (Å²) in [4.78, 5) is 2.24. The van der Waals surface area contributed by atoms with Gasteiger partial charge in [-0.2, -0.15) is 0 Å². The fourth-order valence-electron chi connectivity index (χ4n) is 1.90. The fraction of sp³-hybridized carbons (Fsp3) is 0.600. The highest BCUT2D eigenvalue weighted by molar-refractivity contribution is 5.32. The molecule has 0 heterocycles. The molecule has 1 rings (SSSR count). The van der Waals surface area contributed by atoms with Gasteiger partial charge in [0.25, 0.3) is 0 Å². The molecule has 96 valence electrons. The number of rotatable bonds is 7. The van der Waals surface area contributed by atoms with Crippen LogP contribution in [-0.4, -0.2) is 32.1 Å². The van der Waals surface area contributed by atoms with Crippen LogP contribution in [0.15, 0.2) is 18.2 Å². The molecule has 2 nitrogen and oxygen atoms in total. The Labute approximate surface area is 106 Å². The third-order valence-corrected chi connectivity index (χ3v) is 3.24. The lowest BCUT2D eigenvalue weighted by Crippen LogP contribution is -2.18. The molecular formula is C15H26N2. The first-order valence-corrected chi connectivity index (χ1v) is 6.52. The molecule has 0 spiro atoms. The van der Waals surface area contributed by atoms with Gasteiger partial charge in [-0.3, -0.25) is 0 Å². The summed E-state index contributed by atoms with van der Waals surface area (Å²) < 4.78 is 0. The molecular weight excluding hydrogens is 208 g/mol. The Morgan fingerprint density at radius 3 is 2.59 bits per heavy atom. The first kappa shape index (κ1) is 14.2. The molecule has 0 aliphatic rings. The predicted octanol–water partition coefficient (Wildman–Crippen LogP) is 2.73. The van der Waals surface area contributed by atoms with E-state index >= 15 is 0 Å². The number of aryl methyl sites for hydroxylation is 1. The van der Waals surface area contributed by atoms with Crippen LogP contribution in [-0.2, 0) is 6.54 Å². The molecule has 1 aromatic rings. The third-order valence-electron chi connectivity index (χ3n) is 3.24. The summed E-state index contributed by atoms with van der Waals surface area (Å²) in [6.07, 6.45) is 2.52. The molecule has 1 aromatic carbocycles. The minimum Gasteiger partial charge on any atom is -0.313 e. The van der Waals surface area contributed by atoms with Crippen LogP contribution in [0, 0.1) is 13.8 Å². The minimum absolute atomic E-state index is 0.996. The van der Waals surface area contributed by atoms with Gasteiger partial charge in [0.1, 0.15) is 0 Å². The zero-order valence-corrected chi connectivity index (χ0v) is 11.7. The molecule has 1 N–H and O–H groups in total. The molecule has 0 amide bonds. The molecule has 0 aliphatic heterocycles. The molecule has 17 heavy (non-hydrogen) atoms. The zero-order valence-electron chi connectivity index (χ0n) is 11.7. The average molecular weight is 234 g/mol. The van der Waals surface area contributed by atoms with Crippen molar-refractivity contribution >= 4 is 0 Å². The van der Waals surface area contributed by atoms with E-state index in [0.29, 0.717) is 0 Å². The molecule has 0 saturated heterocycles. The second-order valence-corrected chi connectivity index (χ2v) is 5.05. The van der Waals surface area contributed by atoms with Crippen molar-refractivity contribution in [2.45, 2.75) is 33.2 Å². The van der Waals surface area contributed by atoms with Gasteiger partial charge in [0, 0.05) is 6.54 Å². The van der Waals surface area contributed by atoms with Gasteiger partial charge in [-0.15, -0.1) is 0 Å². The van der Waals surface area contributed by atoms with Gasteiger partial charge in [0.15, 0.2) is 0 Å². The Balaban J connectivity index is 2.20. The van der Waals surface area contributed by atoms with Crippen LogP contribution in [0.3, 0.4) is 0 Å². The predicted molar refractivity (Wildman–Crippen MR) is 75.4 cm³/mol. The van der Waals surface area contributed by atoms with Gasteiger partial charge in [-0.1, -0.05) is 18.2 Å². The van der Waals surface area contributed by atoms with E-state index in [2.05, 4.69) is 56.4 Å². The first-order valence-electron chi connectivity index (χ1n) is 6.52.